The fraction of sp³-hybridized carbons (Fsp3) is 0.179. The van der Waals surface area contributed by atoms with Gasteiger partial charge in [0.15, 0.2) is 0 Å². The molecule has 0 aliphatic carbocycles. The number of aromatic nitrogens is 5. The smallest absolute Gasteiger partial charge is 0.255 e. The van der Waals surface area contributed by atoms with Crippen molar-refractivity contribution in [3.8, 4) is 11.4 Å². The van der Waals surface area contributed by atoms with Gasteiger partial charge < -0.3 is 20.6 Å². The predicted molar refractivity (Wildman–Crippen MR) is 141 cm³/mol. The summed E-state index contributed by atoms with van der Waals surface area (Å²) in [5, 5.41) is 2.18. The summed E-state index contributed by atoms with van der Waals surface area (Å²) in [7, 11) is 0. The number of aromatic amines is 2. The number of hydrogen-bond donors (Lipinski definition) is 3. The van der Waals surface area contributed by atoms with E-state index in [2.05, 4.69) is 37.6 Å². The molecule has 1 aliphatic rings. The van der Waals surface area contributed by atoms with Gasteiger partial charge in [-0.15, -0.1) is 0 Å². The van der Waals surface area contributed by atoms with Crippen LogP contribution in [0.2, 0.25) is 0 Å². The third-order valence-electron chi connectivity index (χ3n) is 7.36. The molecule has 36 heavy (non-hydrogen) atoms. The Balaban J connectivity index is 1.20. The van der Waals surface area contributed by atoms with Gasteiger partial charge in [-0.3, -0.25) is 9.20 Å². The maximum Gasteiger partial charge on any atom is 0.255 e. The van der Waals surface area contributed by atoms with Crippen LogP contribution in [0.1, 0.15) is 34.9 Å². The van der Waals surface area contributed by atoms with Gasteiger partial charge in [0, 0.05) is 53.9 Å². The number of likely N-dealkylation sites (tertiary alicyclic amines) is 1. The highest BCUT2D eigenvalue weighted by Crippen LogP contribution is 2.35. The second kappa shape index (κ2) is 7.98. The first kappa shape index (κ1) is 20.8. The number of nitrogens with two attached hydrogens (primary N) is 1. The van der Waals surface area contributed by atoms with Crippen LogP contribution < -0.4 is 5.73 Å². The van der Waals surface area contributed by atoms with E-state index in [1.54, 1.807) is 6.20 Å². The Labute approximate surface area is 206 Å². The molecule has 5 heterocycles. The number of benzene rings is 2. The predicted octanol–water partition coefficient (Wildman–Crippen LogP) is 4.96. The molecule has 178 valence electrons. The number of para-hydroxylation sites is 2. The van der Waals surface area contributed by atoms with E-state index in [1.165, 1.54) is 0 Å². The third kappa shape index (κ3) is 3.18. The monoisotopic (exact) mass is 475 g/mol. The molecular formula is C28H25N7O. The standard InChI is InChI=1S/C28H25N7O/c29-26-25-24(22-16-19-4-1-2-7-21(19)32-22)33-27(35(25)15-12-31-26)18-9-13-34(14-10-18)28(36)20-6-3-5-17-8-11-30-23(17)20/h1-8,11-12,15-16,18,30,32H,9-10,13-14H2,(H2,29,31). The van der Waals surface area contributed by atoms with E-state index in [0.29, 0.717) is 18.9 Å². The fourth-order valence-electron chi connectivity index (χ4n) is 5.54. The normalized spacial score (nSPS) is 14.8. The highest BCUT2D eigenvalue weighted by atomic mass is 16.2. The lowest BCUT2D eigenvalue weighted by Gasteiger charge is -2.31. The second-order valence-electron chi connectivity index (χ2n) is 9.43. The Morgan fingerprint density at radius 1 is 1.03 bits per heavy atom. The van der Waals surface area contributed by atoms with E-state index in [9.17, 15) is 4.79 Å². The number of carbonyl (C=O) groups is 1. The van der Waals surface area contributed by atoms with Gasteiger partial charge in [0.1, 0.15) is 22.9 Å². The largest absolute Gasteiger partial charge is 0.382 e. The van der Waals surface area contributed by atoms with Crippen LogP contribution in [0.3, 0.4) is 0 Å². The van der Waals surface area contributed by atoms with Gasteiger partial charge in [-0.1, -0.05) is 30.3 Å². The number of fused-ring (bicyclic) bond motifs is 3. The van der Waals surface area contributed by atoms with Crippen LogP contribution in [0.5, 0.6) is 0 Å². The number of nitrogens with one attached hydrogen (secondary N) is 2. The lowest BCUT2D eigenvalue weighted by atomic mass is 9.95. The number of nitrogen functional groups attached to an aromatic ring is 1. The first-order valence-electron chi connectivity index (χ1n) is 12.2. The minimum absolute atomic E-state index is 0.0710. The average molecular weight is 476 g/mol. The summed E-state index contributed by atoms with van der Waals surface area (Å²) in [6, 6.07) is 18.1. The van der Waals surface area contributed by atoms with Crippen molar-refractivity contribution in [2.75, 3.05) is 18.8 Å². The van der Waals surface area contributed by atoms with Gasteiger partial charge in [0.25, 0.3) is 5.91 Å². The molecule has 1 fully saturated rings. The highest BCUT2D eigenvalue weighted by molar-refractivity contribution is 6.05. The van der Waals surface area contributed by atoms with E-state index in [4.69, 9.17) is 10.7 Å². The lowest BCUT2D eigenvalue weighted by Crippen LogP contribution is -2.38. The Hall–Kier alpha value is -4.59. The van der Waals surface area contributed by atoms with Gasteiger partial charge in [-0.25, -0.2) is 9.97 Å². The molecule has 0 radical (unpaired) electrons. The maximum absolute atomic E-state index is 13.3. The van der Waals surface area contributed by atoms with Crippen LogP contribution in [0.25, 0.3) is 38.7 Å². The lowest BCUT2D eigenvalue weighted by molar-refractivity contribution is 0.0713. The first-order valence-corrected chi connectivity index (χ1v) is 12.2. The van der Waals surface area contributed by atoms with Gasteiger partial charge in [0.2, 0.25) is 0 Å². The summed E-state index contributed by atoms with van der Waals surface area (Å²) >= 11 is 0. The number of carbonyl (C=O) groups excluding carboxylic acids is 1. The number of amides is 1. The Bertz CT molecular complexity index is 1720. The van der Waals surface area contributed by atoms with Gasteiger partial charge in [0.05, 0.1) is 16.8 Å². The SMILES string of the molecule is Nc1nccn2c(C3CCN(C(=O)c4cccc5cc[nH]c45)CC3)nc(-c3cc4ccccc4[nH]3)c12. The second-order valence-corrected chi connectivity index (χ2v) is 9.43. The zero-order valence-electron chi connectivity index (χ0n) is 19.6. The molecule has 4 N–H and O–H groups in total. The number of rotatable bonds is 3. The van der Waals surface area contributed by atoms with Crippen LogP contribution in [-0.2, 0) is 0 Å². The highest BCUT2D eigenvalue weighted by Gasteiger charge is 2.29. The van der Waals surface area contributed by atoms with Crippen LogP contribution in [0.4, 0.5) is 5.82 Å². The quantitative estimate of drug-likeness (QED) is 0.336. The minimum atomic E-state index is 0.0710. The van der Waals surface area contributed by atoms with Crippen molar-refractivity contribution in [2.24, 2.45) is 0 Å². The molecule has 1 amide bonds. The molecule has 0 saturated carbocycles. The molecule has 1 saturated heterocycles. The number of H-pyrrole nitrogens is 2. The van der Waals surface area contributed by atoms with Crippen molar-refractivity contribution >= 4 is 39.0 Å². The Morgan fingerprint density at radius 3 is 2.72 bits per heavy atom. The van der Waals surface area contributed by atoms with E-state index in [0.717, 1.165) is 62.9 Å². The number of piperidine rings is 1. The van der Waals surface area contributed by atoms with Crippen molar-refractivity contribution in [2.45, 2.75) is 18.8 Å². The van der Waals surface area contributed by atoms with Crippen LogP contribution in [0, 0.1) is 0 Å². The van der Waals surface area contributed by atoms with Gasteiger partial charge in [-0.05, 0) is 37.1 Å². The number of anilines is 1. The minimum Gasteiger partial charge on any atom is -0.382 e. The van der Waals surface area contributed by atoms with Crippen molar-refractivity contribution < 1.29 is 4.79 Å². The van der Waals surface area contributed by atoms with E-state index < -0.39 is 0 Å². The molecule has 6 aromatic rings. The summed E-state index contributed by atoms with van der Waals surface area (Å²) in [5.74, 6) is 1.70. The van der Waals surface area contributed by atoms with Crippen molar-refractivity contribution in [1.82, 2.24) is 29.2 Å². The van der Waals surface area contributed by atoms with E-state index >= 15 is 0 Å². The van der Waals surface area contributed by atoms with E-state index in [1.807, 2.05) is 53.7 Å². The summed E-state index contributed by atoms with van der Waals surface area (Å²) in [5.41, 5.74) is 11.6. The Morgan fingerprint density at radius 2 is 1.86 bits per heavy atom. The van der Waals surface area contributed by atoms with Crippen molar-refractivity contribution in [1.29, 1.82) is 0 Å². The molecule has 1 aliphatic heterocycles. The van der Waals surface area contributed by atoms with Crippen molar-refractivity contribution in [3.63, 3.8) is 0 Å². The number of nitrogens with zero attached hydrogens (tertiary/aromatic N) is 4. The molecule has 8 heteroatoms. The van der Waals surface area contributed by atoms with E-state index in [-0.39, 0.29) is 11.8 Å². The van der Waals surface area contributed by atoms with Crippen molar-refractivity contribution in [3.05, 3.63) is 84.6 Å². The van der Waals surface area contributed by atoms with Crippen LogP contribution in [-0.4, -0.2) is 48.2 Å². The molecule has 0 unspecified atom stereocenters. The van der Waals surface area contributed by atoms with Gasteiger partial charge >= 0.3 is 0 Å². The zero-order valence-corrected chi connectivity index (χ0v) is 19.6. The summed E-state index contributed by atoms with van der Waals surface area (Å²) in [6.45, 7) is 1.36. The average Bonchev–Trinajstić information content (AvgIpc) is 3.65. The zero-order chi connectivity index (χ0) is 24.2. The summed E-state index contributed by atoms with van der Waals surface area (Å²) in [6.07, 6.45) is 7.20. The van der Waals surface area contributed by atoms with Crippen LogP contribution >= 0.6 is 0 Å². The first-order chi connectivity index (χ1) is 17.7. The molecule has 0 spiro atoms. The molecule has 2 aromatic carbocycles. The fourth-order valence-corrected chi connectivity index (χ4v) is 5.54. The summed E-state index contributed by atoms with van der Waals surface area (Å²) in [4.78, 5) is 31.4. The number of imidazole rings is 1. The molecule has 0 bridgehead atoms. The number of hydrogen-bond acceptors (Lipinski definition) is 4. The Kier molecular flexibility index (Phi) is 4.60. The molecular weight excluding hydrogens is 450 g/mol. The maximum atomic E-state index is 13.3. The molecule has 8 nitrogen and oxygen atoms in total. The molecule has 0 atom stereocenters. The molecule has 4 aromatic heterocycles. The van der Waals surface area contributed by atoms with Crippen LogP contribution in [0.15, 0.2) is 73.2 Å². The third-order valence-corrected chi connectivity index (χ3v) is 7.36. The summed E-state index contributed by atoms with van der Waals surface area (Å²) < 4.78 is 2.07. The topological polar surface area (TPSA) is 108 Å². The van der Waals surface area contributed by atoms with Gasteiger partial charge in [-0.2, -0.15) is 0 Å². The molecule has 7 rings (SSSR count).